The zero-order chi connectivity index (χ0) is 12.7. The van der Waals surface area contributed by atoms with E-state index < -0.39 is 0 Å². The zero-order valence-corrected chi connectivity index (χ0v) is 12.1. The van der Waals surface area contributed by atoms with E-state index in [0.29, 0.717) is 11.3 Å². The third-order valence-electron chi connectivity index (χ3n) is 3.10. The Balaban J connectivity index is 2.09. The lowest BCUT2D eigenvalue weighted by atomic mass is 10.2. The van der Waals surface area contributed by atoms with Crippen LogP contribution in [0.5, 0.6) is 0 Å². The molecule has 0 aromatic heterocycles. The lowest BCUT2D eigenvalue weighted by Gasteiger charge is -2.17. The lowest BCUT2D eigenvalue weighted by molar-refractivity contribution is -0.123. The summed E-state index contributed by atoms with van der Waals surface area (Å²) >= 11 is 1.92. The van der Waals surface area contributed by atoms with Crippen molar-refractivity contribution in [2.24, 2.45) is 0 Å². The van der Waals surface area contributed by atoms with Gasteiger partial charge in [0.25, 0.3) is 0 Å². The number of carbonyl (C=O) groups excluding carboxylic acids is 1. The maximum Gasteiger partial charge on any atom is 0.237 e. The van der Waals surface area contributed by atoms with Gasteiger partial charge in [0.2, 0.25) is 5.91 Å². The average molecular weight is 258 g/mol. The van der Waals surface area contributed by atoms with Gasteiger partial charge in [0, 0.05) is 18.3 Å². The minimum absolute atomic E-state index is 0.0663. The fraction of sp³-hybridized carbons (Fsp3) is 0.923. The van der Waals surface area contributed by atoms with Gasteiger partial charge >= 0.3 is 0 Å². The Morgan fingerprint density at radius 3 is 2.53 bits per heavy atom. The standard InChI is InChI=1S/C13H26N2OS/c1-10(2)17-9-8-14-11(3)13(16)15-12-6-4-5-7-12/h10-12,14H,4-9H2,1-3H3,(H,15,16)/t11-/m1/s1. The summed E-state index contributed by atoms with van der Waals surface area (Å²) in [5, 5.41) is 7.07. The minimum atomic E-state index is -0.0663. The number of rotatable bonds is 7. The number of hydrogen-bond donors (Lipinski definition) is 2. The van der Waals surface area contributed by atoms with Gasteiger partial charge in [-0.3, -0.25) is 4.79 Å². The average Bonchev–Trinajstić information content (AvgIpc) is 2.76. The van der Waals surface area contributed by atoms with Crippen molar-refractivity contribution in [2.45, 2.75) is 63.8 Å². The van der Waals surface area contributed by atoms with Crippen molar-refractivity contribution in [3.8, 4) is 0 Å². The Bertz CT molecular complexity index is 227. The number of thioether (sulfide) groups is 1. The third kappa shape index (κ3) is 6.32. The van der Waals surface area contributed by atoms with E-state index in [4.69, 9.17) is 0 Å². The lowest BCUT2D eigenvalue weighted by Crippen LogP contribution is -2.46. The van der Waals surface area contributed by atoms with E-state index in [-0.39, 0.29) is 11.9 Å². The monoisotopic (exact) mass is 258 g/mol. The van der Waals surface area contributed by atoms with Gasteiger partial charge in [0.15, 0.2) is 0 Å². The summed E-state index contributed by atoms with van der Waals surface area (Å²) in [5.74, 6) is 1.23. The van der Waals surface area contributed by atoms with Crippen molar-refractivity contribution < 1.29 is 4.79 Å². The van der Waals surface area contributed by atoms with Crippen molar-refractivity contribution in [2.75, 3.05) is 12.3 Å². The molecular weight excluding hydrogens is 232 g/mol. The highest BCUT2D eigenvalue weighted by Crippen LogP contribution is 2.17. The zero-order valence-electron chi connectivity index (χ0n) is 11.3. The van der Waals surface area contributed by atoms with Crippen molar-refractivity contribution in [1.82, 2.24) is 10.6 Å². The maximum atomic E-state index is 11.8. The van der Waals surface area contributed by atoms with Crippen molar-refractivity contribution >= 4 is 17.7 Å². The quantitative estimate of drug-likeness (QED) is 0.688. The summed E-state index contributed by atoms with van der Waals surface area (Å²) in [5.41, 5.74) is 0. The van der Waals surface area contributed by atoms with Crippen LogP contribution in [-0.2, 0) is 4.79 Å². The first-order valence-electron chi connectivity index (χ1n) is 6.75. The molecule has 1 aliphatic rings. The van der Waals surface area contributed by atoms with Gasteiger partial charge in [0.05, 0.1) is 6.04 Å². The van der Waals surface area contributed by atoms with E-state index >= 15 is 0 Å². The highest BCUT2D eigenvalue weighted by atomic mass is 32.2. The van der Waals surface area contributed by atoms with Crippen LogP contribution >= 0.6 is 11.8 Å². The van der Waals surface area contributed by atoms with Gasteiger partial charge in [-0.15, -0.1) is 0 Å². The first kappa shape index (κ1) is 14.8. The van der Waals surface area contributed by atoms with Crippen LogP contribution in [0.25, 0.3) is 0 Å². The summed E-state index contributed by atoms with van der Waals surface area (Å²) in [4.78, 5) is 11.8. The molecule has 0 aliphatic heterocycles. The number of hydrogen-bond acceptors (Lipinski definition) is 3. The number of amides is 1. The highest BCUT2D eigenvalue weighted by Gasteiger charge is 2.19. The van der Waals surface area contributed by atoms with Crippen LogP contribution in [0, 0.1) is 0 Å². The van der Waals surface area contributed by atoms with Crippen LogP contribution < -0.4 is 10.6 Å². The molecule has 0 unspecified atom stereocenters. The molecule has 1 saturated carbocycles. The van der Waals surface area contributed by atoms with Gasteiger partial charge in [-0.25, -0.2) is 0 Å². The van der Waals surface area contributed by atoms with Crippen LogP contribution in [-0.4, -0.2) is 35.5 Å². The molecule has 100 valence electrons. The molecule has 1 atom stereocenters. The first-order valence-corrected chi connectivity index (χ1v) is 7.80. The Hall–Kier alpha value is -0.220. The molecule has 0 aromatic carbocycles. The van der Waals surface area contributed by atoms with Crippen molar-refractivity contribution in [3.63, 3.8) is 0 Å². The van der Waals surface area contributed by atoms with Crippen LogP contribution in [0.4, 0.5) is 0 Å². The summed E-state index contributed by atoms with van der Waals surface area (Å²) in [6.45, 7) is 7.24. The molecule has 1 fully saturated rings. The Morgan fingerprint density at radius 1 is 1.29 bits per heavy atom. The van der Waals surface area contributed by atoms with E-state index in [1.54, 1.807) is 0 Å². The highest BCUT2D eigenvalue weighted by molar-refractivity contribution is 7.99. The molecule has 0 radical (unpaired) electrons. The molecule has 2 N–H and O–H groups in total. The molecule has 1 aliphatic carbocycles. The predicted molar refractivity (Wildman–Crippen MR) is 75.5 cm³/mol. The predicted octanol–water partition coefficient (Wildman–Crippen LogP) is 2.16. The molecule has 0 aromatic rings. The van der Waals surface area contributed by atoms with Gasteiger partial charge in [-0.2, -0.15) is 11.8 Å². The molecule has 0 heterocycles. The Kier molecular flexibility index (Phi) is 6.97. The summed E-state index contributed by atoms with van der Waals surface area (Å²) in [7, 11) is 0. The minimum Gasteiger partial charge on any atom is -0.352 e. The maximum absolute atomic E-state index is 11.8. The summed E-state index contributed by atoms with van der Waals surface area (Å²) in [6.07, 6.45) is 4.83. The second-order valence-corrected chi connectivity index (χ2v) is 6.77. The topological polar surface area (TPSA) is 41.1 Å². The first-order chi connectivity index (χ1) is 8.09. The smallest absolute Gasteiger partial charge is 0.237 e. The van der Waals surface area contributed by atoms with Crippen molar-refractivity contribution in [1.29, 1.82) is 0 Å². The van der Waals surface area contributed by atoms with Gasteiger partial charge in [-0.1, -0.05) is 26.7 Å². The molecule has 17 heavy (non-hydrogen) atoms. The van der Waals surface area contributed by atoms with E-state index in [0.717, 1.165) is 25.1 Å². The summed E-state index contributed by atoms with van der Waals surface area (Å²) < 4.78 is 0. The Morgan fingerprint density at radius 2 is 1.94 bits per heavy atom. The van der Waals surface area contributed by atoms with E-state index in [2.05, 4.69) is 24.5 Å². The Labute approximate surface area is 109 Å². The summed E-state index contributed by atoms with van der Waals surface area (Å²) in [6, 6.07) is 0.361. The normalized spacial score (nSPS) is 18.6. The van der Waals surface area contributed by atoms with Crippen molar-refractivity contribution in [3.05, 3.63) is 0 Å². The largest absolute Gasteiger partial charge is 0.352 e. The number of carbonyl (C=O) groups is 1. The van der Waals surface area contributed by atoms with Crippen LogP contribution in [0.1, 0.15) is 46.5 Å². The number of nitrogens with one attached hydrogen (secondary N) is 2. The third-order valence-corrected chi connectivity index (χ3v) is 4.21. The van der Waals surface area contributed by atoms with Crippen LogP contribution in [0.3, 0.4) is 0 Å². The second kappa shape index (κ2) is 7.98. The molecule has 0 bridgehead atoms. The van der Waals surface area contributed by atoms with Gasteiger partial charge < -0.3 is 10.6 Å². The van der Waals surface area contributed by atoms with E-state index in [1.165, 1.54) is 12.8 Å². The van der Waals surface area contributed by atoms with Gasteiger partial charge in [0.1, 0.15) is 0 Å². The van der Waals surface area contributed by atoms with E-state index in [9.17, 15) is 4.79 Å². The van der Waals surface area contributed by atoms with E-state index in [1.807, 2.05) is 18.7 Å². The molecular formula is C13H26N2OS. The molecule has 1 rings (SSSR count). The molecule has 0 saturated heterocycles. The fourth-order valence-electron chi connectivity index (χ4n) is 2.06. The molecule has 4 heteroatoms. The van der Waals surface area contributed by atoms with Crippen LogP contribution in [0.15, 0.2) is 0 Å². The molecule has 3 nitrogen and oxygen atoms in total. The van der Waals surface area contributed by atoms with Gasteiger partial charge in [-0.05, 0) is 25.0 Å². The molecule has 0 spiro atoms. The van der Waals surface area contributed by atoms with Crippen LogP contribution in [0.2, 0.25) is 0 Å². The fourth-order valence-corrected chi connectivity index (χ4v) is 2.77. The SMILES string of the molecule is CC(C)SCCN[C@H](C)C(=O)NC1CCCC1. The molecule has 1 amide bonds. The second-order valence-electron chi connectivity index (χ2n) is 5.09.